The van der Waals surface area contributed by atoms with Gasteiger partial charge in [0.15, 0.2) is 5.76 Å². The Labute approximate surface area is 162 Å². The van der Waals surface area contributed by atoms with Crippen molar-refractivity contribution in [3.05, 3.63) is 88.8 Å². The minimum Gasteiger partial charge on any atom is -0.459 e. The zero-order valence-corrected chi connectivity index (χ0v) is 15.3. The van der Waals surface area contributed by atoms with Crippen LogP contribution in [0.15, 0.2) is 71.3 Å². The lowest BCUT2D eigenvalue weighted by molar-refractivity contribution is -0.121. The smallest absolute Gasteiger partial charge is 0.291 e. The van der Waals surface area contributed by atoms with Crippen LogP contribution in [0.5, 0.6) is 0 Å². The highest BCUT2D eigenvalue weighted by molar-refractivity contribution is 6.31. The van der Waals surface area contributed by atoms with Crippen molar-refractivity contribution in [2.24, 2.45) is 0 Å². The Morgan fingerprint density at radius 2 is 1.74 bits per heavy atom. The van der Waals surface area contributed by atoms with Crippen molar-refractivity contribution in [1.29, 1.82) is 0 Å². The molecule has 0 radical (unpaired) electrons. The third kappa shape index (κ3) is 5.46. The maximum absolute atomic E-state index is 12.0. The average Bonchev–Trinajstić information content (AvgIpc) is 3.22. The molecule has 0 saturated carbocycles. The van der Waals surface area contributed by atoms with Crippen LogP contribution in [-0.4, -0.2) is 11.8 Å². The summed E-state index contributed by atoms with van der Waals surface area (Å²) in [4.78, 5) is 23.9. The summed E-state index contributed by atoms with van der Waals surface area (Å²) >= 11 is 6.10. The Bertz CT molecular complexity index is 905. The van der Waals surface area contributed by atoms with E-state index >= 15 is 0 Å². The minimum atomic E-state index is -0.305. The summed E-state index contributed by atoms with van der Waals surface area (Å²) in [6.07, 6.45) is 2.43. The molecule has 2 N–H and O–H groups in total. The van der Waals surface area contributed by atoms with Crippen molar-refractivity contribution >= 4 is 29.1 Å². The van der Waals surface area contributed by atoms with E-state index in [9.17, 15) is 9.59 Å². The quantitative estimate of drug-likeness (QED) is 0.634. The molecule has 0 aliphatic heterocycles. The number of carbonyl (C=O) groups excluding carboxylic acids is 2. The number of rotatable bonds is 7. The third-order valence-electron chi connectivity index (χ3n) is 4.03. The van der Waals surface area contributed by atoms with Crippen molar-refractivity contribution < 1.29 is 14.0 Å². The van der Waals surface area contributed by atoms with Crippen molar-refractivity contribution in [3.8, 4) is 0 Å². The predicted molar refractivity (Wildman–Crippen MR) is 105 cm³/mol. The molecule has 3 rings (SSSR count). The summed E-state index contributed by atoms with van der Waals surface area (Å²) in [5, 5.41) is 6.31. The van der Waals surface area contributed by atoms with Gasteiger partial charge in [-0.3, -0.25) is 9.59 Å². The number of benzene rings is 2. The highest BCUT2D eigenvalue weighted by Crippen LogP contribution is 2.16. The van der Waals surface area contributed by atoms with Crippen LogP contribution in [-0.2, 0) is 17.8 Å². The summed E-state index contributed by atoms with van der Waals surface area (Å²) in [7, 11) is 0. The van der Waals surface area contributed by atoms with E-state index in [1.165, 1.54) is 6.26 Å². The molecule has 0 unspecified atom stereocenters. The fraction of sp³-hybridized carbons (Fsp3) is 0.143. The van der Waals surface area contributed by atoms with Gasteiger partial charge in [-0.15, -0.1) is 0 Å². The van der Waals surface area contributed by atoms with Crippen LogP contribution in [0.25, 0.3) is 0 Å². The molecule has 5 nitrogen and oxygen atoms in total. The maximum Gasteiger partial charge on any atom is 0.291 e. The first kappa shape index (κ1) is 18.7. The standard InChI is InChI=1S/C21H19ClN2O3/c22-18-5-2-1-4-16(18)9-12-20(25)23-14-15-7-10-17(11-8-15)24-21(26)19-6-3-13-27-19/h1-8,10-11,13H,9,12,14H2,(H,23,25)(H,24,26). The summed E-state index contributed by atoms with van der Waals surface area (Å²) in [5.41, 5.74) is 2.56. The van der Waals surface area contributed by atoms with Crippen LogP contribution in [0.3, 0.4) is 0 Å². The number of hydrogen-bond donors (Lipinski definition) is 2. The van der Waals surface area contributed by atoms with Gasteiger partial charge < -0.3 is 15.1 Å². The number of furan rings is 1. The first-order chi connectivity index (χ1) is 13.1. The van der Waals surface area contributed by atoms with Crippen molar-refractivity contribution in [2.45, 2.75) is 19.4 Å². The van der Waals surface area contributed by atoms with Crippen molar-refractivity contribution in [2.75, 3.05) is 5.32 Å². The Morgan fingerprint density at radius 3 is 2.44 bits per heavy atom. The van der Waals surface area contributed by atoms with Gasteiger partial charge in [0.25, 0.3) is 5.91 Å². The van der Waals surface area contributed by atoms with Gasteiger partial charge in [-0.25, -0.2) is 0 Å². The van der Waals surface area contributed by atoms with Gasteiger partial charge in [0.2, 0.25) is 5.91 Å². The Hall–Kier alpha value is -3.05. The van der Waals surface area contributed by atoms with Crippen LogP contribution in [0.2, 0.25) is 5.02 Å². The second-order valence-electron chi connectivity index (χ2n) is 6.00. The van der Waals surface area contributed by atoms with E-state index < -0.39 is 0 Å². The minimum absolute atomic E-state index is 0.0369. The van der Waals surface area contributed by atoms with Gasteiger partial charge in [-0.1, -0.05) is 41.9 Å². The summed E-state index contributed by atoms with van der Waals surface area (Å²) < 4.78 is 5.05. The average molecular weight is 383 g/mol. The van der Waals surface area contributed by atoms with Crippen molar-refractivity contribution in [3.63, 3.8) is 0 Å². The highest BCUT2D eigenvalue weighted by atomic mass is 35.5. The molecule has 0 saturated heterocycles. The molecule has 2 amide bonds. The number of anilines is 1. The third-order valence-corrected chi connectivity index (χ3v) is 4.39. The molecule has 2 aromatic carbocycles. The fourth-order valence-corrected chi connectivity index (χ4v) is 2.77. The monoisotopic (exact) mass is 382 g/mol. The van der Waals surface area contributed by atoms with Crippen LogP contribution in [0.1, 0.15) is 28.1 Å². The molecule has 138 valence electrons. The molecule has 0 aliphatic rings. The summed E-state index contributed by atoms with van der Waals surface area (Å²) in [5.74, 6) is -0.0874. The molecule has 0 atom stereocenters. The number of hydrogen-bond acceptors (Lipinski definition) is 3. The second-order valence-corrected chi connectivity index (χ2v) is 6.40. The van der Waals surface area contributed by atoms with Gasteiger partial charge in [0, 0.05) is 23.7 Å². The van der Waals surface area contributed by atoms with E-state index in [1.807, 2.05) is 36.4 Å². The van der Waals surface area contributed by atoms with Gasteiger partial charge in [-0.05, 0) is 47.9 Å². The Morgan fingerprint density at radius 1 is 0.963 bits per heavy atom. The summed E-state index contributed by atoms with van der Waals surface area (Å²) in [6, 6.07) is 18.1. The summed E-state index contributed by atoms with van der Waals surface area (Å²) in [6.45, 7) is 0.424. The normalized spacial score (nSPS) is 10.4. The number of carbonyl (C=O) groups is 2. The lowest BCUT2D eigenvalue weighted by Gasteiger charge is -2.08. The molecule has 3 aromatic rings. The maximum atomic E-state index is 12.0. The van der Waals surface area contributed by atoms with Crippen LogP contribution in [0.4, 0.5) is 5.69 Å². The molecular weight excluding hydrogens is 364 g/mol. The highest BCUT2D eigenvalue weighted by Gasteiger charge is 2.09. The number of nitrogens with one attached hydrogen (secondary N) is 2. The number of amides is 2. The zero-order valence-electron chi connectivity index (χ0n) is 14.6. The lowest BCUT2D eigenvalue weighted by Crippen LogP contribution is -2.23. The van der Waals surface area contributed by atoms with Gasteiger partial charge in [0.05, 0.1) is 6.26 Å². The largest absolute Gasteiger partial charge is 0.459 e. The molecule has 0 spiro atoms. The number of halogens is 1. The SMILES string of the molecule is O=C(CCc1ccccc1Cl)NCc1ccc(NC(=O)c2ccco2)cc1. The van der Waals surface area contributed by atoms with E-state index in [1.54, 1.807) is 24.3 Å². The van der Waals surface area contributed by atoms with E-state index in [0.717, 1.165) is 11.1 Å². The lowest BCUT2D eigenvalue weighted by atomic mass is 10.1. The molecule has 6 heteroatoms. The Kier molecular flexibility index (Phi) is 6.28. The van der Waals surface area contributed by atoms with Gasteiger partial charge >= 0.3 is 0 Å². The molecule has 1 heterocycles. The predicted octanol–water partition coefficient (Wildman–Crippen LogP) is 4.43. The van der Waals surface area contributed by atoms with E-state index in [4.69, 9.17) is 16.0 Å². The molecule has 0 fully saturated rings. The molecular formula is C21H19ClN2O3. The first-order valence-corrected chi connectivity index (χ1v) is 8.93. The van der Waals surface area contributed by atoms with Crippen LogP contribution in [0, 0.1) is 0 Å². The van der Waals surface area contributed by atoms with E-state index in [-0.39, 0.29) is 17.6 Å². The van der Waals surface area contributed by atoms with Crippen LogP contribution < -0.4 is 10.6 Å². The van der Waals surface area contributed by atoms with Gasteiger partial charge in [0.1, 0.15) is 0 Å². The topological polar surface area (TPSA) is 71.3 Å². The molecule has 1 aromatic heterocycles. The second kappa shape index (κ2) is 9.05. The zero-order chi connectivity index (χ0) is 19.1. The first-order valence-electron chi connectivity index (χ1n) is 8.56. The van der Waals surface area contributed by atoms with Crippen LogP contribution >= 0.6 is 11.6 Å². The number of aryl methyl sites for hydroxylation is 1. The van der Waals surface area contributed by atoms with E-state index in [0.29, 0.717) is 30.1 Å². The van der Waals surface area contributed by atoms with Crippen molar-refractivity contribution in [1.82, 2.24) is 5.32 Å². The fourth-order valence-electron chi connectivity index (χ4n) is 2.54. The van der Waals surface area contributed by atoms with E-state index in [2.05, 4.69) is 10.6 Å². The van der Waals surface area contributed by atoms with Gasteiger partial charge in [-0.2, -0.15) is 0 Å². The molecule has 27 heavy (non-hydrogen) atoms. The molecule has 0 bridgehead atoms. The Balaban J connectivity index is 1.45. The molecule has 0 aliphatic carbocycles.